The Morgan fingerprint density at radius 3 is 2.64 bits per heavy atom. The maximum Gasteiger partial charge on any atom is 0.227 e. The van der Waals surface area contributed by atoms with Crippen molar-refractivity contribution in [2.24, 2.45) is 0 Å². The molecule has 1 saturated heterocycles. The van der Waals surface area contributed by atoms with E-state index in [0.717, 1.165) is 33.4 Å². The molecule has 1 aliphatic heterocycles. The van der Waals surface area contributed by atoms with Crippen LogP contribution < -0.4 is 4.90 Å². The van der Waals surface area contributed by atoms with E-state index in [2.05, 4.69) is 10.2 Å². The Balaban J connectivity index is 1.56. The molecule has 3 aromatic carbocycles. The van der Waals surface area contributed by atoms with Crippen LogP contribution in [-0.4, -0.2) is 16.1 Å². The van der Waals surface area contributed by atoms with Gasteiger partial charge in [0, 0.05) is 24.4 Å². The van der Waals surface area contributed by atoms with Gasteiger partial charge in [-0.15, -0.1) is 0 Å². The molecule has 2 heterocycles. The van der Waals surface area contributed by atoms with Crippen LogP contribution >= 0.6 is 0 Å². The van der Waals surface area contributed by atoms with Crippen molar-refractivity contribution in [1.29, 1.82) is 0 Å². The van der Waals surface area contributed by atoms with Crippen molar-refractivity contribution < 1.29 is 10.6 Å². The molecule has 4 nitrogen and oxygen atoms in total. The zero-order valence-corrected chi connectivity index (χ0v) is 15.0. The molecule has 1 aliphatic rings. The molecule has 5 rings (SSSR count). The number of aromatic nitrogens is 2. The van der Waals surface area contributed by atoms with E-state index in [-0.39, 0.29) is 24.2 Å². The monoisotopic (exact) mass is 372 g/mol. The molecule has 2 unspecified atom stereocenters. The highest BCUT2D eigenvalue weighted by molar-refractivity contribution is 6.00. The molecule has 28 heavy (non-hydrogen) atoms. The number of nitrogens with zero attached hydrogens (tertiary/aromatic N) is 2. The van der Waals surface area contributed by atoms with Crippen LogP contribution in [0.4, 0.5) is 10.1 Å². The predicted octanol–water partition coefficient (Wildman–Crippen LogP) is 5.24. The van der Waals surface area contributed by atoms with Gasteiger partial charge in [0.05, 0.1) is 17.3 Å². The van der Waals surface area contributed by atoms with Crippen LogP contribution in [0.25, 0.3) is 22.2 Å². The van der Waals surface area contributed by atoms with Gasteiger partial charge in [-0.1, -0.05) is 30.3 Å². The summed E-state index contributed by atoms with van der Waals surface area (Å²) in [6, 6.07) is 21.3. The van der Waals surface area contributed by atoms with E-state index < -0.39 is 6.40 Å². The summed E-state index contributed by atoms with van der Waals surface area (Å²) in [5.74, 6) is -0.350. The van der Waals surface area contributed by atoms with Crippen LogP contribution in [0.2, 0.25) is 0 Å². The van der Waals surface area contributed by atoms with Gasteiger partial charge in [0.15, 0.2) is 0 Å². The summed E-state index contributed by atoms with van der Waals surface area (Å²) in [6.07, 6.45) is -0.321. The molecule has 1 fully saturated rings. The van der Waals surface area contributed by atoms with Crippen LogP contribution in [0.3, 0.4) is 0 Å². The van der Waals surface area contributed by atoms with Crippen molar-refractivity contribution in [1.82, 2.24) is 10.2 Å². The quantitative estimate of drug-likeness (QED) is 0.535. The Hall–Kier alpha value is -3.47. The van der Waals surface area contributed by atoms with Crippen molar-refractivity contribution in [2.45, 2.75) is 18.9 Å². The second-order valence-electron chi connectivity index (χ2n) is 6.87. The molecule has 0 radical (unpaired) electrons. The first-order chi connectivity index (χ1) is 14.1. The molecular weight excluding hydrogens is 353 g/mol. The molecular formula is C23H18FN3O. The Kier molecular flexibility index (Phi) is 3.67. The Bertz CT molecular complexity index is 1190. The number of aromatic amines is 1. The first kappa shape index (κ1) is 15.6. The van der Waals surface area contributed by atoms with E-state index in [1.807, 2.05) is 48.5 Å². The fourth-order valence-electron chi connectivity index (χ4n) is 3.80. The Morgan fingerprint density at radius 2 is 1.86 bits per heavy atom. The van der Waals surface area contributed by atoms with Gasteiger partial charge in [-0.2, -0.15) is 5.10 Å². The summed E-state index contributed by atoms with van der Waals surface area (Å²) in [7, 11) is 0. The number of benzene rings is 3. The first-order valence-corrected chi connectivity index (χ1v) is 9.15. The molecule has 1 amide bonds. The van der Waals surface area contributed by atoms with Gasteiger partial charge < -0.3 is 4.90 Å². The number of hydrogen-bond acceptors (Lipinski definition) is 2. The predicted molar refractivity (Wildman–Crippen MR) is 107 cm³/mol. The summed E-state index contributed by atoms with van der Waals surface area (Å²) in [5.41, 5.74) is 4.03. The van der Waals surface area contributed by atoms with Crippen LogP contribution in [0.5, 0.6) is 0 Å². The summed E-state index contributed by atoms with van der Waals surface area (Å²) in [5, 5.41) is 8.30. The topological polar surface area (TPSA) is 49.0 Å². The number of amides is 1. The van der Waals surface area contributed by atoms with E-state index in [1.165, 1.54) is 12.1 Å². The summed E-state index contributed by atoms with van der Waals surface area (Å²) in [6.45, 7) is 0. The number of carbonyl (C=O) groups excluding carboxylic acids is 1. The molecule has 0 aliphatic carbocycles. The lowest BCUT2D eigenvalue weighted by Gasteiger charge is -2.25. The van der Waals surface area contributed by atoms with Gasteiger partial charge in [-0.05, 0) is 54.4 Å². The number of halogens is 1. The number of fused-ring (bicyclic) bond motifs is 1. The lowest BCUT2D eigenvalue weighted by atomic mass is 10.0. The third-order valence-corrected chi connectivity index (χ3v) is 5.15. The zero-order valence-electron chi connectivity index (χ0n) is 16.0. The zero-order chi connectivity index (χ0) is 20.0. The van der Waals surface area contributed by atoms with Crippen molar-refractivity contribution >= 4 is 22.5 Å². The van der Waals surface area contributed by atoms with Crippen molar-refractivity contribution in [3.8, 4) is 11.3 Å². The van der Waals surface area contributed by atoms with Gasteiger partial charge in [0.25, 0.3) is 0 Å². The summed E-state index contributed by atoms with van der Waals surface area (Å²) < 4.78 is 21.7. The number of carbonyl (C=O) groups is 1. The van der Waals surface area contributed by atoms with Gasteiger partial charge in [-0.25, -0.2) is 4.39 Å². The molecule has 0 bridgehead atoms. The van der Waals surface area contributed by atoms with Crippen LogP contribution in [0, 0.1) is 5.82 Å². The standard InChI is InChI=1S/C23H18FN3O/c24-17-8-6-16(7-9-17)23-19-11-10-18(14-20(19)25-26-23)27-21(12-13-22(27)28)15-4-2-1-3-5-15/h1-11,14,21H,12-13H2,(H,25,26)/i12D. The largest absolute Gasteiger partial charge is 0.305 e. The van der Waals surface area contributed by atoms with Crippen LogP contribution in [0.1, 0.15) is 25.8 Å². The lowest BCUT2D eigenvalue weighted by Crippen LogP contribution is -2.27. The summed E-state index contributed by atoms with van der Waals surface area (Å²) in [4.78, 5) is 14.4. The first-order valence-electron chi connectivity index (χ1n) is 9.73. The highest BCUT2D eigenvalue weighted by Crippen LogP contribution is 2.38. The fraction of sp³-hybridized carbons (Fsp3) is 0.130. The number of anilines is 1. The maximum atomic E-state index is 13.2. The number of rotatable bonds is 3. The SMILES string of the molecule is [2H]C1CC(=O)N(c2ccc3c(-c4ccc(F)cc4)n[nH]c3c2)C1c1ccccc1. The van der Waals surface area contributed by atoms with Gasteiger partial charge in [0.1, 0.15) is 5.82 Å². The molecule has 0 spiro atoms. The minimum atomic E-state index is -0.517. The average molecular weight is 372 g/mol. The molecule has 4 aromatic rings. The number of nitrogens with one attached hydrogen (secondary N) is 1. The third kappa shape index (κ3) is 2.76. The Labute approximate surface area is 163 Å². The third-order valence-electron chi connectivity index (χ3n) is 5.15. The summed E-state index contributed by atoms with van der Waals surface area (Å²) >= 11 is 0. The van der Waals surface area contributed by atoms with Crippen molar-refractivity contribution in [3.05, 3.63) is 84.2 Å². The van der Waals surface area contributed by atoms with E-state index in [1.54, 1.807) is 17.0 Å². The van der Waals surface area contributed by atoms with Crippen molar-refractivity contribution in [3.63, 3.8) is 0 Å². The smallest absolute Gasteiger partial charge is 0.227 e. The van der Waals surface area contributed by atoms with Crippen LogP contribution in [0.15, 0.2) is 72.8 Å². The van der Waals surface area contributed by atoms with Gasteiger partial charge >= 0.3 is 0 Å². The Morgan fingerprint density at radius 1 is 1.07 bits per heavy atom. The molecule has 1 aromatic heterocycles. The molecule has 1 N–H and O–H groups in total. The minimum absolute atomic E-state index is 0.0588. The maximum absolute atomic E-state index is 13.2. The normalized spacial score (nSPS) is 20.0. The fourth-order valence-corrected chi connectivity index (χ4v) is 3.80. The van der Waals surface area contributed by atoms with E-state index in [9.17, 15) is 9.18 Å². The molecule has 0 saturated carbocycles. The second kappa shape index (κ2) is 6.60. The second-order valence-corrected chi connectivity index (χ2v) is 6.87. The highest BCUT2D eigenvalue weighted by atomic mass is 19.1. The average Bonchev–Trinajstić information content (AvgIpc) is 3.28. The van der Waals surface area contributed by atoms with E-state index >= 15 is 0 Å². The molecule has 138 valence electrons. The number of H-pyrrole nitrogens is 1. The van der Waals surface area contributed by atoms with Crippen LogP contribution in [-0.2, 0) is 4.79 Å². The molecule has 5 heteroatoms. The van der Waals surface area contributed by atoms with Crippen molar-refractivity contribution in [2.75, 3.05) is 4.90 Å². The molecule has 2 atom stereocenters. The minimum Gasteiger partial charge on any atom is -0.305 e. The van der Waals surface area contributed by atoms with E-state index in [0.29, 0.717) is 0 Å². The van der Waals surface area contributed by atoms with Gasteiger partial charge in [0.2, 0.25) is 5.91 Å². The van der Waals surface area contributed by atoms with E-state index in [4.69, 9.17) is 1.37 Å². The lowest BCUT2D eigenvalue weighted by molar-refractivity contribution is -0.117. The highest BCUT2D eigenvalue weighted by Gasteiger charge is 2.33. The van der Waals surface area contributed by atoms with Gasteiger partial charge in [-0.3, -0.25) is 9.89 Å². The number of hydrogen-bond donors (Lipinski definition) is 1.